The average molecular weight is 297 g/mol. The molecule has 108 valence electrons. The number of carbonyl (C=O) groups is 2. The summed E-state index contributed by atoms with van der Waals surface area (Å²) in [6.07, 6.45) is 1.14. The van der Waals surface area contributed by atoms with Crippen LogP contribution in [0.1, 0.15) is 30.1 Å². The van der Waals surface area contributed by atoms with Crippen LogP contribution in [0.2, 0.25) is 5.02 Å². The maximum absolute atomic E-state index is 12.5. The number of aliphatic carboxylic acids is 1. The van der Waals surface area contributed by atoms with Crippen molar-refractivity contribution in [3.8, 4) is 5.75 Å². The van der Waals surface area contributed by atoms with Crippen LogP contribution >= 0.6 is 11.6 Å². The van der Waals surface area contributed by atoms with Gasteiger partial charge < -0.3 is 9.84 Å². The van der Waals surface area contributed by atoms with E-state index in [1.54, 1.807) is 18.2 Å². The van der Waals surface area contributed by atoms with Crippen molar-refractivity contribution in [2.24, 2.45) is 17.8 Å². The molecule has 0 aliphatic heterocycles. The molecule has 1 aliphatic carbocycles. The van der Waals surface area contributed by atoms with Crippen molar-refractivity contribution in [3.05, 3.63) is 28.8 Å². The molecule has 0 heterocycles. The van der Waals surface area contributed by atoms with Crippen molar-refractivity contribution in [2.45, 2.75) is 19.8 Å². The molecule has 1 aromatic carbocycles. The van der Waals surface area contributed by atoms with E-state index < -0.39 is 17.8 Å². The molecule has 0 spiro atoms. The van der Waals surface area contributed by atoms with Gasteiger partial charge in [0.15, 0.2) is 5.78 Å². The minimum Gasteiger partial charge on any atom is -0.497 e. The summed E-state index contributed by atoms with van der Waals surface area (Å²) in [6.45, 7) is 1.97. The highest BCUT2D eigenvalue weighted by molar-refractivity contribution is 6.34. The minimum atomic E-state index is -0.905. The first-order chi connectivity index (χ1) is 9.43. The van der Waals surface area contributed by atoms with Gasteiger partial charge in [-0.15, -0.1) is 0 Å². The molecular formula is C15H17ClO4. The summed E-state index contributed by atoms with van der Waals surface area (Å²) < 4.78 is 5.04. The van der Waals surface area contributed by atoms with Gasteiger partial charge in [-0.05, 0) is 37.0 Å². The zero-order valence-corrected chi connectivity index (χ0v) is 12.2. The molecule has 1 aliphatic rings. The number of carboxylic acids is 1. The van der Waals surface area contributed by atoms with Gasteiger partial charge in [-0.25, -0.2) is 0 Å². The standard InChI is InChI=1S/C15H17ClO4/c1-8-5-11(12(6-8)15(18)19)14(17)10-4-3-9(20-2)7-13(10)16/h3-4,7-8,11-12H,5-6H2,1-2H3,(H,18,19). The van der Waals surface area contributed by atoms with Gasteiger partial charge in [0.1, 0.15) is 5.75 Å². The van der Waals surface area contributed by atoms with Gasteiger partial charge in [0, 0.05) is 11.5 Å². The monoisotopic (exact) mass is 296 g/mol. The Balaban J connectivity index is 2.29. The molecule has 1 aromatic rings. The van der Waals surface area contributed by atoms with Crippen LogP contribution in [0.3, 0.4) is 0 Å². The summed E-state index contributed by atoms with van der Waals surface area (Å²) in [6, 6.07) is 4.83. The molecule has 4 nitrogen and oxygen atoms in total. The number of rotatable bonds is 4. The van der Waals surface area contributed by atoms with Crippen LogP contribution in [-0.4, -0.2) is 24.0 Å². The molecule has 3 atom stereocenters. The molecular weight excluding hydrogens is 280 g/mol. The SMILES string of the molecule is COc1ccc(C(=O)C2CC(C)CC2C(=O)O)c(Cl)c1. The van der Waals surface area contributed by atoms with Gasteiger partial charge in [0.2, 0.25) is 0 Å². The lowest BCUT2D eigenvalue weighted by Gasteiger charge is -2.15. The van der Waals surface area contributed by atoms with E-state index in [2.05, 4.69) is 0 Å². The van der Waals surface area contributed by atoms with Gasteiger partial charge >= 0.3 is 5.97 Å². The topological polar surface area (TPSA) is 63.6 Å². The first-order valence-electron chi connectivity index (χ1n) is 6.54. The largest absolute Gasteiger partial charge is 0.497 e. The first-order valence-corrected chi connectivity index (χ1v) is 6.92. The van der Waals surface area contributed by atoms with Crippen LogP contribution in [0.4, 0.5) is 0 Å². The Bertz CT molecular complexity index is 541. The summed E-state index contributed by atoms with van der Waals surface area (Å²) in [5.41, 5.74) is 0.373. The molecule has 5 heteroatoms. The lowest BCUT2D eigenvalue weighted by molar-refractivity contribution is -0.142. The molecule has 20 heavy (non-hydrogen) atoms. The average Bonchev–Trinajstić information content (AvgIpc) is 2.80. The summed E-state index contributed by atoms with van der Waals surface area (Å²) in [4.78, 5) is 23.8. The van der Waals surface area contributed by atoms with E-state index >= 15 is 0 Å². The van der Waals surface area contributed by atoms with Crippen LogP contribution in [0.25, 0.3) is 0 Å². The van der Waals surface area contributed by atoms with E-state index in [9.17, 15) is 14.7 Å². The van der Waals surface area contributed by atoms with Crippen molar-refractivity contribution in [2.75, 3.05) is 7.11 Å². The third-order valence-electron chi connectivity index (χ3n) is 3.89. The molecule has 1 fully saturated rings. The zero-order chi connectivity index (χ0) is 14.9. The Morgan fingerprint density at radius 2 is 1.95 bits per heavy atom. The number of hydrogen-bond acceptors (Lipinski definition) is 3. The third-order valence-corrected chi connectivity index (χ3v) is 4.21. The lowest BCUT2D eigenvalue weighted by atomic mass is 9.88. The molecule has 0 radical (unpaired) electrons. The highest BCUT2D eigenvalue weighted by Gasteiger charge is 2.41. The number of halogens is 1. The fraction of sp³-hybridized carbons (Fsp3) is 0.467. The van der Waals surface area contributed by atoms with Gasteiger partial charge in [0.05, 0.1) is 18.1 Å². The predicted octanol–water partition coefficient (Wildman–Crippen LogP) is 3.28. The van der Waals surface area contributed by atoms with E-state index in [1.165, 1.54) is 7.11 Å². The second-order valence-corrected chi connectivity index (χ2v) is 5.75. The third kappa shape index (κ3) is 2.80. The van der Waals surface area contributed by atoms with Crippen LogP contribution in [-0.2, 0) is 4.79 Å². The maximum atomic E-state index is 12.5. The van der Waals surface area contributed by atoms with E-state index in [0.717, 1.165) is 0 Å². The smallest absolute Gasteiger partial charge is 0.307 e. The van der Waals surface area contributed by atoms with Crippen LogP contribution in [0.15, 0.2) is 18.2 Å². The Morgan fingerprint density at radius 1 is 1.30 bits per heavy atom. The lowest BCUT2D eigenvalue weighted by Crippen LogP contribution is -2.25. The van der Waals surface area contributed by atoms with Crippen LogP contribution in [0.5, 0.6) is 5.75 Å². The first kappa shape index (κ1) is 14.9. The number of hydrogen-bond donors (Lipinski definition) is 1. The maximum Gasteiger partial charge on any atom is 0.307 e. The molecule has 1 saturated carbocycles. The van der Waals surface area contributed by atoms with Gasteiger partial charge in [-0.1, -0.05) is 18.5 Å². The normalized spacial score (nSPS) is 25.4. The Kier molecular flexibility index (Phi) is 4.33. The quantitative estimate of drug-likeness (QED) is 0.866. The van der Waals surface area contributed by atoms with Crippen LogP contribution < -0.4 is 4.74 Å². The number of ketones is 1. The molecule has 3 unspecified atom stereocenters. The van der Waals surface area contributed by atoms with Gasteiger partial charge in [-0.3, -0.25) is 9.59 Å². The summed E-state index contributed by atoms with van der Waals surface area (Å²) >= 11 is 6.10. The van der Waals surface area contributed by atoms with Gasteiger partial charge in [-0.2, -0.15) is 0 Å². The van der Waals surface area contributed by atoms with E-state index in [-0.39, 0.29) is 11.7 Å². The number of methoxy groups -OCH3 is 1. The molecule has 0 bridgehead atoms. The van der Waals surface area contributed by atoms with Crippen molar-refractivity contribution in [1.82, 2.24) is 0 Å². The molecule has 0 aromatic heterocycles. The number of ether oxygens (including phenoxy) is 1. The molecule has 1 N–H and O–H groups in total. The van der Waals surface area contributed by atoms with Crippen LogP contribution in [0, 0.1) is 17.8 Å². The van der Waals surface area contributed by atoms with E-state index in [4.69, 9.17) is 16.3 Å². The minimum absolute atomic E-state index is 0.186. The predicted molar refractivity (Wildman–Crippen MR) is 75.3 cm³/mol. The second-order valence-electron chi connectivity index (χ2n) is 5.34. The fourth-order valence-corrected chi connectivity index (χ4v) is 3.14. The van der Waals surface area contributed by atoms with Crippen molar-refractivity contribution >= 4 is 23.4 Å². The van der Waals surface area contributed by atoms with Crippen molar-refractivity contribution in [3.63, 3.8) is 0 Å². The van der Waals surface area contributed by atoms with E-state index in [0.29, 0.717) is 29.2 Å². The molecule has 0 saturated heterocycles. The van der Waals surface area contributed by atoms with Gasteiger partial charge in [0.25, 0.3) is 0 Å². The summed E-state index contributed by atoms with van der Waals surface area (Å²) in [5, 5.41) is 9.55. The number of carboxylic acid groups (broad SMARTS) is 1. The molecule has 0 amide bonds. The zero-order valence-electron chi connectivity index (χ0n) is 11.4. The van der Waals surface area contributed by atoms with Crippen molar-refractivity contribution < 1.29 is 19.4 Å². The highest BCUT2D eigenvalue weighted by atomic mass is 35.5. The van der Waals surface area contributed by atoms with Crippen molar-refractivity contribution in [1.29, 1.82) is 0 Å². The Labute approximate surface area is 122 Å². The van der Waals surface area contributed by atoms with E-state index in [1.807, 2.05) is 6.92 Å². The highest BCUT2D eigenvalue weighted by Crippen LogP contribution is 2.39. The molecule has 2 rings (SSSR count). The second kappa shape index (κ2) is 5.83. The summed E-state index contributed by atoms with van der Waals surface area (Å²) in [7, 11) is 1.52. The Morgan fingerprint density at radius 3 is 2.50 bits per heavy atom. The Hall–Kier alpha value is -1.55. The number of Topliss-reactive ketones (excluding diaryl/α,β-unsaturated/α-hetero) is 1. The number of benzene rings is 1. The number of carbonyl (C=O) groups excluding carboxylic acids is 1. The fourth-order valence-electron chi connectivity index (χ4n) is 2.88. The summed E-state index contributed by atoms with van der Waals surface area (Å²) in [5.74, 6) is -1.39.